The van der Waals surface area contributed by atoms with Crippen molar-refractivity contribution in [2.45, 2.75) is 45.2 Å². The Labute approximate surface area is 114 Å². The smallest absolute Gasteiger partial charge is 0.325 e. The van der Waals surface area contributed by atoms with Crippen molar-refractivity contribution in [2.24, 2.45) is 23.5 Å². The quantitative estimate of drug-likeness (QED) is 0.764. The summed E-state index contributed by atoms with van der Waals surface area (Å²) in [6.45, 7) is 3.85. The van der Waals surface area contributed by atoms with Crippen LogP contribution in [0, 0.1) is 17.8 Å². The molecule has 4 atom stereocenters. The second-order valence-electron chi connectivity index (χ2n) is 6.07. The first-order valence-electron chi connectivity index (χ1n) is 7.08. The van der Waals surface area contributed by atoms with Crippen LogP contribution >= 0.6 is 0 Å². The zero-order valence-electron chi connectivity index (χ0n) is 12.0. The Kier molecular flexibility index (Phi) is 4.13. The van der Waals surface area contributed by atoms with Crippen molar-refractivity contribution >= 4 is 11.9 Å². The van der Waals surface area contributed by atoms with Gasteiger partial charge in [-0.15, -0.1) is 0 Å². The largest absolute Gasteiger partial charge is 0.468 e. The van der Waals surface area contributed by atoms with Crippen molar-refractivity contribution in [2.75, 3.05) is 13.7 Å². The molecule has 2 saturated carbocycles. The Balaban J connectivity index is 2.09. The lowest BCUT2D eigenvalue weighted by atomic mass is 9.83. The van der Waals surface area contributed by atoms with Gasteiger partial charge in [0.05, 0.1) is 13.0 Å². The average molecular weight is 268 g/mol. The molecule has 0 heterocycles. The summed E-state index contributed by atoms with van der Waals surface area (Å²) in [6, 6.07) is -0.0527. The minimum Gasteiger partial charge on any atom is -0.468 e. The van der Waals surface area contributed by atoms with Gasteiger partial charge in [-0.3, -0.25) is 9.59 Å². The van der Waals surface area contributed by atoms with Gasteiger partial charge in [-0.25, -0.2) is 0 Å². The summed E-state index contributed by atoms with van der Waals surface area (Å²) in [5, 5.41) is 0. The summed E-state index contributed by atoms with van der Waals surface area (Å²) >= 11 is 0. The first-order chi connectivity index (χ1) is 8.95. The Hall–Kier alpha value is -1.10. The van der Waals surface area contributed by atoms with Crippen LogP contribution in [0.5, 0.6) is 0 Å². The van der Waals surface area contributed by atoms with E-state index >= 15 is 0 Å². The lowest BCUT2D eigenvalue weighted by molar-refractivity contribution is -0.151. The number of hydrogen-bond donors (Lipinski definition) is 1. The molecule has 0 radical (unpaired) electrons. The lowest BCUT2D eigenvalue weighted by Crippen LogP contribution is -2.50. The number of fused-ring (bicyclic) bond motifs is 2. The normalized spacial score (nSPS) is 32.7. The molecular weight excluding hydrogens is 244 g/mol. The van der Waals surface area contributed by atoms with E-state index in [2.05, 4.69) is 4.74 Å². The molecular formula is C14H24N2O3. The Morgan fingerprint density at radius 3 is 2.42 bits per heavy atom. The number of carbonyl (C=O) groups excluding carboxylic acids is 2. The van der Waals surface area contributed by atoms with Crippen LogP contribution in [-0.2, 0) is 14.3 Å². The molecule has 19 heavy (non-hydrogen) atoms. The maximum Gasteiger partial charge on any atom is 0.325 e. The van der Waals surface area contributed by atoms with E-state index in [0.717, 1.165) is 19.3 Å². The summed E-state index contributed by atoms with van der Waals surface area (Å²) in [5.41, 5.74) is 6.20. The SMILES string of the molecule is COC(=O)CN(C(=O)C1C2CCC(C2)C1N)C(C)C. The number of nitrogens with two attached hydrogens (primary N) is 1. The molecule has 0 aromatic carbocycles. The molecule has 2 fully saturated rings. The van der Waals surface area contributed by atoms with Crippen molar-refractivity contribution in [1.82, 2.24) is 4.90 Å². The molecule has 4 unspecified atom stereocenters. The van der Waals surface area contributed by atoms with E-state index in [1.807, 2.05) is 13.8 Å². The van der Waals surface area contributed by atoms with Gasteiger partial charge in [0.1, 0.15) is 6.54 Å². The van der Waals surface area contributed by atoms with E-state index in [0.29, 0.717) is 11.8 Å². The molecule has 0 aliphatic heterocycles. The number of ether oxygens (including phenoxy) is 1. The van der Waals surface area contributed by atoms with E-state index < -0.39 is 0 Å². The second-order valence-corrected chi connectivity index (χ2v) is 6.07. The van der Waals surface area contributed by atoms with Gasteiger partial charge in [0.2, 0.25) is 5.91 Å². The molecule has 2 N–H and O–H groups in total. The maximum absolute atomic E-state index is 12.7. The third-order valence-electron chi connectivity index (χ3n) is 4.70. The van der Waals surface area contributed by atoms with Crippen molar-refractivity contribution in [3.05, 3.63) is 0 Å². The minimum absolute atomic E-state index is 0.0158. The number of nitrogens with zero attached hydrogens (tertiary/aromatic N) is 1. The van der Waals surface area contributed by atoms with Gasteiger partial charge in [-0.2, -0.15) is 0 Å². The third-order valence-corrected chi connectivity index (χ3v) is 4.70. The van der Waals surface area contributed by atoms with Crippen LogP contribution in [0.15, 0.2) is 0 Å². The highest BCUT2D eigenvalue weighted by Crippen LogP contribution is 2.48. The molecule has 108 valence electrons. The zero-order valence-corrected chi connectivity index (χ0v) is 12.0. The number of hydrogen-bond acceptors (Lipinski definition) is 4. The van der Waals surface area contributed by atoms with Gasteiger partial charge < -0.3 is 15.4 Å². The fourth-order valence-electron chi connectivity index (χ4n) is 3.61. The highest BCUT2D eigenvalue weighted by atomic mass is 16.5. The molecule has 2 bridgehead atoms. The summed E-state index contributed by atoms with van der Waals surface area (Å²) < 4.78 is 4.67. The summed E-state index contributed by atoms with van der Waals surface area (Å²) in [7, 11) is 1.34. The maximum atomic E-state index is 12.7. The molecule has 5 heteroatoms. The van der Waals surface area contributed by atoms with E-state index in [1.165, 1.54) is 7.11 Å². The lowest BCUT2D eigenvalue weighted by Gasteiger charge is -2.34. The van der Waals surface area contributed by atoms with Crippen LogP contribution in [0.25, 0.3) is 0 Å². The molecule has 0 saturated heterocycles. The van der Waals surface area contributed by atoms with Crippen LogP contribution in [0.2, 0.25) is 0 Å². The van der Waals surface area contributed by atoms with Gasteiger partial charge in [-0.05, 0) is 44.9 Å². The van der Waals surface area contributed by atoms with Crippen molar-refractivity contribution in [1.29, 1.82) is 0 Å². The predicted octanol–water partition coefficient (Wildman–Crippen LogP) is 0.770. The number of carbonyl (C=O) groups is 2. The van der Waals surface area contributed by atoms with Gasteiger partial charge in [-0.1, -0.05) is 0 Å². The number of esters is 1. The van der Waals surface area contributed by atoms with Gasteiger partial charge in [0.15, 0.2) is 0 Å². The van der Waals surface area contributed by atoms with Crippen LogP contribution in [-0.4, -0.2) is 42.5 Å². The monoisotopic (exact) mass is 268 g/mol. The van der Waals surface area contributed by atoms with Crippen LogP contribution in [0.1, 0.15) is 33.1 Å². The molecule has 0 spiro atoms. The van der Waals surface area contributed by atoms with E-state index in [1.54, 1.807) is 4.90 Å². The fraction of sp³-hybridized carbons (Fsp3) is 0.857. The molecule has 0 aromatic rings. The van der Waals surface area contributed by atoms with Crippen molar-refractivity contribution in [3.63, 3.8) is 0 Å². The molecule has 2 rings (SSSR count). The highest BCUT2D eigenvalue weighted by Gasteiger charge is 2.50. The topological polar surface area (TPSA) is 72.6 Å². The van der Waals surface area contributed by atoms with Crippen molar-refractivity contribution < 1.29 is 14.3 Å². The van der Waals surface area contributed by atoms with Gasteiger partial charge in [0, 0.05) is 12.1 Å². The number of amides is 1. The Bertz CT molecular complexity index is 368. The molecule has 5 nitrogen and oxygen atoms in total. The minimum atomic E-state index is -0.376. The standard InChI is InChI=1S/C14H24N2O3/c1-8(2)16(7-11(17)19-3)14(18)12-9-4-5-10(6-9)13(12)15/h8-10,12-13H,4-7,15H2,1-3H3. The molecule has 0 aromatic heterocycles. The first kappa shape index (κ1) is 14.3. The first-order valence-corrected chi connectivity index (χ1v) is 7.08. The van der Waals surface area contributed by atoms with E-state index in [9.17, 15) is 9.59 Å². The van der Waals surface area contributed by atoms with Gasteiger partial charge in [0.25, 0.3) is 0 Å². The predicted molar refractivity (Wildman–Crippen MR) is 71.2 cm³/mol. The van der Waals surface area contributed by atoms with Gasteiger partial charge >= 0.3 is 5.97 Å². The van der Waals surface area contributed by atoms with Crippen LogP contribution < -0.4 is 5.73 Å². The summed E-state index contributed by atoms with van der Waals surface area (Å²) in [4.78, 5) is 25.7. The zero-order chi connectivity index (χ0) is 14.2. The average Bonchev–Trinajstić information content (AvgIpc) is 2.95. The second kappa shape index (κ2) is 5.49. The van der Waals surface area contributed by atoms with Crippen molar-refractivity contribution in [3.8, 4) is 0 Å². The molecule has 1 amide bonds. The Morgan fingerprint density at radius 1 is 1.32 bits per heavy atom. The Morgan fingerprint density at radius 2 is 1.95 bits per heavy atom. The number of rotatable bonds is 4. The van der Waals surface area contributed by atoms with Crippen LogP contribution in [0.4, 0.5) is 0 Å². The summed E-state index contributed by atoms with van der Waals surface area (Å²) in [6.07, 6.45) is 3.31. The molecule has 2 aliphatic carbocycles. The number of methoxy groups -OCH3 is 1. The summed E-state index contributed by atoms with van der Waals surface area (Å²) in [5.74, 6) is 0.446. The highest BCUT2D eigenvalue weighted by molar-refractivity contribution is 5.85. The van der Waals surface area contributed by atoms with Crippen LogP contribution in [0.3, 0.4) is 0 Å². The third kappa shape index (κ3) is 2.61. The fourth-order valence-corrected chi connectivity index (χ4v) is 3.61. The molecule has 2 aliphatic rings. The van der Waals surface area contributed by atoms with E-state index in [-0.39, 0.29) is 36.4 Å². The van der Waals surface area contributed by atoms with E-state index in [4.69, 9.17) is 5.73 Å².